The normalized spacial score (nSPS) is 10.9. The Morgan fingerprint density at radius 1 is 1.12 bits per heavy atom. The van der Waals surface area contributed by atoms with Crippen LogP contribution < -0.4 is 0 Å². The van der Waals surface area contributed by atoms with E-state index in [9.17, 15) is 8.42 Å². The molecule has 0 atom stereocenters. The summed E-state index contributed by atoms with van der Waals surface area (Å²) >= 11 is 0. The second kappa shape index (κ2) is 6.59. The van der Waals surface area contributed by atoms with Gasteiger partial charge in [-0.1, -0.05) is 17.7 Å². The molecule has 0 heterocycles. The summed E-state index contributed by atoms with van der Waals surface area (Å²) in [5.41, 5.74) is 1.01. The van der Waals surface area contributed by atoms with E-state index in [2.05, 4.69) is 0 Å². The predicted molar refractivity (Wildman–Crippen MR) is 59.8 cm³/mol. The third kappa shape index (κ3) is 4.28. The molecule has 0 spiro atoms. The van der Waals surface area contributed by atoms with Crippen molar-refractivity contribution in [3.8, 4) is 0 Å². The van der Waals surface area contributed by atoms with E-state index >= 15 is 0 Å². The summed E-state index contributed by atoms with van der Waals surface area (Å²) in [4.78, 5) is 0.171. The lowest BCUT2D eigenvalue weighted by Crippen LogP contribution is -2.10. The first kappa shape index (κ1) is 15.0. The van der Waals surface area contributed by atoms with E-state index < -0.39 is 10.1 Å². The lowest BCUT2D eigenvalue weighted by molar-refractivity contribution is 0.149. The van der Waals surface area contributed by atoms with Crippen molar-refractivity contribution in [1.82, 2.24) is 0 Å². The van der Waals surface area contributed by atoms with Crippen molar-refractivity contribution >= 4 is 10.1 Å². The Kier molecular flexibility index (Phi) is 6.20. The van der Waals surface area contributed by atoms with E-state index in [0.717, 1.165) is 5.56 Å². The lowest BCUT2D eigenvalue weighted by Gasteiger charge is -2.04. The van der Waals surface area contributed by atoms with Gasteiger partial charge in [-0.3, -0.25) is 4.18 Å². The van der Waals surface area contributed by atoms with Crippen LogP contribution in [0.15, 0.2) is 29.2 Å². The van der Waals surface area contributed by atoms with Crippen molar-refractivity contribution in [3.05, 3.63) is 29.8 Å². The molecular formula is C10H16O5S. The second-order valence-electron chi connectivity index (χ2n) is 3.08. The molecule has 0 fully saturated rings. The first-order chi connectivity index (χ1) is 7.06. The largest absolute Gasteiger partial charge is 0.412 e. The highest BCUT2D eigenvalue weighted by Crippen LogP contribution is 2.12. The number of hydrogen-bond donors (Lipinski definition) is 0. The fourth-order valence-corrected chi connectivity index (χ4v) is 1.89. The molecule has 92 valence electrons. The molecule has 16 heavy (non-hydrogen) atoms. The SMILES string of the molecule is COCCOS(=O)(=O)c1ccc(C)cc1.O. The van der Waals surface area contributed by atoms with Gasteiger partial charge in [0.1, 0.15) is 0 Å². The van der Waals surface area contributed by atoms with E-state index in [0.29, 0.717) is 0 Å². The number of aryl methyl sites for hydroxylation is 1. The van der Waals surface area contributed by atoms with Crippen LogP contribution in [0.2, 0.25) is 0 Å². The highest BCUT2D eigenvalue weighted by atomic mass is 32.2. The van der Waals surface area contributed by atoms with E-state index in [1.54, 1.807) is 12.1 Å². The maximum atomic E-state index is 11.5. The summed E-state index contributed by atoms with van der Waals surface area (Å²) in [6, 6.07) is 6.51. The standard InChI is InChI=1S/C10H14O4S.H2O/c1-9-3-5-10(6-4-9)15(11,12)14-8-7-13-2;/h3-6H,7-8H2,1-2H3;1H2. The molecule has 0 aromatic heterocycles. The Morgan fingerprint density at radius 2 is 1.69 bits per heavy atom. The summed E-state index contributed by atoms with van der Waals surface area (Å²) in [5, 5.41) is 0. The maximum absolute atomic E-state index is 11.5. The number of rotatable bonds is 5. The zero-order valence-electron chi connectivity index (χ0n) is 9.26. The van der Waals surface area contributed by atoms with Gasteiger partial charge in [0.2, 0.25) is 0 Å². The Morgan fingerprint density at radius 3 is 2.19 bits per heavy atom. The van der Waals surface area contributed by atoms with Crippen LogP contribution in [-0.4, -0.2) is 34.2 Å². The van der Waals surface area contributed by atoms with E-state index in [-0.39, 0.29) is 23.6 Å². The number of methoxy groups -OCH3 is 1. The molecule has 0 aliphatic heterocycles. The van der Waals surface area contributed by atoms with Crippen molar-refractivity contribution in [3.63, 3.8) is 0 Å². The van der Waals surface area contributed by atoms with Crippen molar-refractivity contribution in [1.29, 1.82) is 0 Å². The minimum Gasteiger partial charge on any atom is -0.412 e. The average molecular weight is 248 g/mol. The summed E-state index contributed by atoms with van der Waals surface area (Å²) in [6.45, 7) is 2.18. The zero-order valence-corrected chi connectivity index (χ0v) is 10.1. The molecule has 1 rings (SSSR count). The molecule has 0 radical (unpaired) electrons. The van der Waals surface area contributed by atoms with Crippen LogP contribution in [0.3, 0.4) is 0 Å². The summed E-state index contributed by atoms with van der Waals surface area (Å²) in [5.74, 6) is 0. The molecule has 6 heteroatoms. The molecule has 0 aliphatic rings. The summed E-state index contributed by atoms with van der Waals surface area (Å²) in [6.07, 6.45) is 0. The predicted octanol–water partition coefficient (Wildman–Crippen LogP) is 0.522. The molecular weight excluding hydrogens is 232 g/mol. The van der Waals surface area contributed by atoms with Crippen LogP contribution in [0.5, 0.6) is 0 Å². The Labute approximate surface area is 95.4 Å². The van der Waals surface area contributed by atoms with Gasteiger partial charge in [-0.15, -0.1) is 0 Å². The highest BCUT2D eigenvalue weighted by Gasteiger charge is 2.13. The molecule has 0 saturated carbocycles. The zero-order chi connectivity index (χ0) is 11.3. The Bertz CT molecular complexity index is 396. The molecule has 0 aliphatic carbocycles. The van der Waals surface area contributed by atoms with Gasteiger partial charge in [0.15, 0.2) is 0 Å². The van der Waals surface area contributed by atoms with Crippen molar-refractivity contribution in [2.45, 2.75) is 11.8 Å². The van der Waals surface area contributed by atoms with Crippen LogP contribution in [0.25, 0.3) is 0 Å². The monoisotopic (exact) mass is 248 g/mol. The van der Waals surface area contributed by atoms with Crippen molar-refractivity contribution < 1.29 is 22.8 Å². The molecule has 5 nitrogen and oxygen atoms in total. The second-order valence-corrected chi connectivity index (χ2v) is 4.70. The van der Waals surface area contributed by atoms with Gasteiger partial charge in [0.25, 0.3) is 10.1 Å². The molecule has 0 saturated heterocycles. The van der Waals surface area contributed by atoms with Crippen LogP contribution in [0.4, 0.5) is 0 Å². The van der Waals surface area contributed by atoms with Crippen LogP contribution >= 0.6 is 0 Å². The van der Waals surface area contributed by atoms with Crippen molar-refractivity contribution in [2.24, 2.45) is 0 Å². The van der Waals surface area contributed by atoms with Gasteiger partial charge in [-0.05, 0) is 19.1 Å². The van der Waals surface area contributed by atoms with Gasteiger partial charge in [0, 0.05) is 7.11 Å². The number of hydrogen-bond acceptors (Lipinski definition) is 4. The van der Waals surface area contributed by atoms with E-state index in [1.165, 1.54) is 19.2 Å². The quantitative estimate of drug-likeness (QED) is 0.561. The minimum atomic E-state index is -3.63. The maximum Gasteiger partial charge on any atom is 0.297 e. The first-order valence-electron chi connectivity index (χ1n) is 4.51. The van der Waals surface area contributed by atoms with Crippen LogP contribution in [-0.2, 0) is 19.0 Å². The average Bonchev–Trinajstić information content (AvgIpc) is 2.18. The van der Waals surface area contributed by atoms with E-state index in [1.807, 2.05) is 6.92 Å². The molecule has 2 N–H and O–H groups in total. The van der Waals surface area contributed by atoms with Gasteiger partial charge in [-0.25, -0.2) is 0 Å². The van der Waals surface area contributed by atoms with Gasteiger partial charge in [-0.2, -0.15) is 8.42 Å². The van der Waals surface area contributed by atoms with Gasteiger partial charge in [0.05, 0.1) is 18.1 Å². The topological polar surface area (TPSA) is 84.1 Å². The van der Waals surface area contributed by atoms with Gasteiger partial charge < -0.3 is 10.2 Å². The minimum absolute atomic E-state index is 0. The molecule has 0 unspecified atom stereocenters. The third-order valence-corrected chi connectivity index (χ3v) is 3.16. The van der Waals surface area contributed by atoms with Crippen molar-refractivity contribution in [2.75, 3.05) is 20.3 Å². The van der Waals surface area contributed by atoms with E-state index in [4.69, 9.17) is 8.92 Å². The number of benzene rings is 1. The van der Waals surface area contributed by atoms with Gasteiger partial charge >= 0.3 is 0 Å². The van der Waals surface area contributed by atoms with Crippen LogP contribution in [0.1, 0.15) is 5.56 Å². The highest BCUT2D eigenvalue weighted by molar-refractivity contribution is 7.86. The Hall–Kier alpha value is -0.950. The summed E-state index contributed by atoms with van der Waals surface area (Å²) < 4.78 is 32.5. The fraction of sp³-hybridized carbons (Fsp3) is 0.400. The third-order valence-electron chi connectivity index (χ3n) is 1.84. The summed E-state index contributed by atoms with van der Waals surface area (Å²) in [7, 11) is -2.14. The lowest BCUT2D eigenvalue weighted by atomic mass is 10.2. The first-order valence-corrected chi connectivity index (χ1v) is 5.92. The molecule has 1 aromatic rings. The smallest absolute Gasteiger partial charge is 0.297 e. The molecule has 1 aromatic carbocycles. The van der Waals surface area contributed by atoms with Crippen LogP contribution in [0, 0.1) is 6.92 Å². The Balaban J connectivity index is 0.00000225. The molecule has 0 amide bonds. The fourth-order valence-electron chi connectivity index (χ4n) is 1.00. The number of ether oxygens (including phenoxy) is 1. The molecule has 0 bridgehead atoms.